The number of benzene rings is 2. The Morgan fingerprint density at radius 2 is 1.93 bits per heavy atom. The van der Waals surface area contributed by atoms with Crippen molar-refractivity contribution in [1.82, 2.24) is 10.2 Å². The van der Waals surface area contributed by atoms with Crippen LogP contribution in [0, 0.1) is 5.82 Å². The van der Waals surface area contributed by atoms with Crippen LogP contribution in [0.2, 0.25) is 0 Å². The van der Waals surface area contributed by atoms with Crippen molar-refractivity contribution in [3.63, 3.8) is 0 Å². The number of para-hydroxylation sites is 1. The number of anilines is 2. The molecule has 3 N–H and O–H groups in total. The third kappa shape index (κ3) is 4.02. The fraction of sp³-hybridized carbons (Fsp3) is 0.238. The molecule has 2 heterocycles. The van der Waals surface area contributed by atoms with Crippen molar-refractivity contribution in [2.45, 2.75) is 31.8 Å². The molecule has 7 nitrogen and oxygen atoms in total. The second-order valence-corrected chi connectivity index (χ2v) is 8.25. The van der Waals surface area contributed by atoms with Crippen LogP contribution in [-0.2, 0) is 11.3 Å². The fourth-order valence-corrected chi connectivity index (χ4v) is 4.39. The molecule has 1 aromatic heterocycles. The Hall–Kier alpha value is -3.33. The number of carbonyl (C=O) groups excluding carboxylic acids is 2. The lowest BCUT2D eigenvalue weighted by atomic mass is 9.85. The first-order valence-corrected chi connectivity index (χ1v) is 10.3. The largest absolute Gasteiger partial charge is 0.369 e. The molecule has 0 saturated heterocycles. The molecule has 0 spiro atoms. The van der Waals surface area contributed by atoms with E-state index >= 15 is 0 Å². The van der Waals surface area contributed by atoms with Crippen LogP contribution in [0.3, 0.4) is 0 Å². The van der Waals surface area contributed by atoms with Crippen molar-refractivity contribution in [2.75, 3.05) is 10.2 Å². The summed E-state index contributed by atoms with van der Waals surface area (Å²) in [7, 11) is 0. The van der Waals surface area contributed by atoms with Crippen LogP contribution in [0.1, 0.15) is 39.6 Å². The molecule has 9 heteroatoms. The van der Waals surface area contributed by atoms with E-state index in [9.17, 15) is 14.0 Å². The molecule has 0 bridgehead atoms. The van der Waals surface area contributed by atoms with Gasteiger partial charge in [0.2, 0.25) is 10.9 Å². The van der Waals surface area contributed by atoms with Crippen molar-refractivity contribution >= 4 is 34.5 Å². The minimum Gasteiger partial charge on any atom is -0.369 e. The first-order chi connectivity index (χ1) is 14.4. The number of carbonyl (C=O) groups is 2. The summed E-state index contributed by atoms with van der Waals surface area (Å²) in [5.41, 5.74) is 7.93. The SMILES string of the molecule is C[C@@H]1C[C@@H](C(N)=O)c2ccccc2N1Cc1nnc(C(=O)Nc2ccc(F)cc2)s1. The number of nitrogens with one attached hydrogen (secondary N) is 1. The Bertz CT molecular complexity index is 1090. The standard InChI is InChI=1S/C21H20FN5O2S/c1-12-10-16(19(23)28)15-4-2-3-5-17(15)27(12)11-18-25-26-21(30-18)20(29)24-14-8-6-13(22)7-9-14/h2-9,12,16H,10-11H2,1H3,(H2,23,28)(H,24,29)/t12-,16-/m1/s1. The molecule has 0 fully saturated rings. The number of aromatic nitrogens is 2. The molecule has 154 valence electrons. The van der Waals surface area contributed by atoms with E-state index in [0.29, 0.717) is 23.7 Å². The van der Waals surface area contributed by atoms with Gasteiger partial charge in [-0.15, -0.1) is 10.2 Å². The van der Waals surface area contributed by atoms with Gasteiger partial charge in [0.05, 0.1) is 12.5 Å². The average molecular weight is 425 g/mol. The van der Waals surface area contributed by atoms with E-state index in [1.54, 1.807) is 0 Å². The molecule has 0 saturated carbocycles. The minimum absolute atomic E-state index is 0.0674. The topological polar surface area (TPSA) is 101 Å². The Morgan fingerprint density at radius 1 is 1.20 bits per heavy atom. The van der Waals surface area contributed by atoms with Crippen molar-refractivity contribution in [1.29, 1.82) is 0 Å². The number of amides is 2. The van der Waals surface area contributed by atoms with Gasteiger partial charge < -0.3 is 16.0 Å². The quantitative estimate of drug-likeness (QED) is 0.653. The van der Waals surface area contributed by atoms with E-state index in [2.05, 4.69) is 20.4 Å². The third-order valence-corrected chi connectivity index (χ3v) is 6.05. The number of rotatable bonds is 5. The van der Waals surface area contributed by atoms with Gasteiger partial charge in [-0.05, 0) is 49.2 Å². The first-order valence-electron chi connectivity index (χ1n) is 9.46. The number of nitrogens with zero attached hydrogens (tertiary/aromatic N) is 3. The Balaban J connectivity index is 1.51. The number of hydrogen-bond donors (Lipinski definition) is 2. The van der Waals surface area contributed by atoms with Gasteiger partial charge in [0.15, 0.2) is 0 Å². The number of halogens is 1. The Labute approximate surface area is 176 Å². The van der Waals surface area contributed by atoms with Crippen molar-refractivity contribution in [2.24, 2.45) is 5.73 Å². The first kappa shape index (κ1) is 20.0. The molecular weight excluding hydrogens is 405 g/mol. The van der Waals surface area contributed by atoms with Gasteiger partial charge in [0, 0.05) is 17.4 Å². The van der Waals surface area contributed by atoms with Crippen LogP contribution in [0.5, 0.6) is 0 Å². The molecule has 1 aliphatic heterocycles. The zero-order valence-electron chi connectivity index (χ0n) is 16.2. The van der Waals surface area contributed by atoms with Crippen molar-refractivity contribution in [3.05, 3.63) is 69.9 Å². The summed E-state index contributed by atoms with van der Waals surface area (Å²) < 4.78 is 13.0. The highest BCUT2D eigenvalue weighted by Crippen LogP contribution is 2.39. The van der Waals surface area contributed by atoms with Crippen LogP contribution < -0.4 is 16.0 Å². The van der Waals surface area contributed by atoms with Crippen molar-refractivity contribution < 1.29 is 14.0 Å². The predicted molar refractivity (Wildman–Crippen MR) is 113 cm³/mol. The van der Waals surface area contributed by atoms with Crippen LogP contribution in [0.4, 0.5) is 15.8 Å². The summed E-state index contributed by atoms with van der Waals surface area (Å²) in [4.78, 5) is 26.5. The maximum absolute atomic E-state index is 13.0. The number of nitrogens with two attached hydrogens (primary N) is 1. The number of primary amides is 1. The van der Waals surface area contributed by atoms with E-state index in [1.165, 1.54) is 35.6 Å². The smallest absolute Gasteiger partial charge is 0.286 e. The maximum Gasteiger partial charge on any atom is 0.286 e. The molecule has 2 aromatic carbocycles. The van der Waals surface area contributed by atoms with Crippen LogP contribution in [0.25, 0.3) is 0 Å². The number of hydrogen-bond acceptors (Lipinski definition) is 6. The van der Waals surface area contributed by atoms with E-state index < -0.39 is 5.91 Å². The molecule has 3 aromatic rings. The summed E-state index contributed by atoms with van der Waals surface area (Å²) in [5.74, 6) is -1.42. The van der Waals surface area contributed by atoms with Gasteiger partial charge in [0.25, 0.3) is 5.91 Å². The minimum atomic E-state index is -0.397. The molecule has 0 radical (unpaired) electrons. The van der Waals surface area contributed by atoms with Gasteiger partial charge in [-0.3, -0.25) is 9.59 Å². The van der Waals surface area contributed by atoms with Gasteiger partial charge in [-0.25, -0.2) is 4.39 Å². The molecule has 1 aliphatic rings. The van der Waals surface area contributed by atoms with Gasteiger partial charge in [-0.1, -0.05) is 29.5 Å². The zero-order chi connectivity index (χ0) is 21.3. The maximum atomic E-state index is 13.0. The van der Waals surface area contributed by atoms with E-state index in [4.69, 9.17) is 5.73 Å². The number of fused-ring (bicyclic) bond motifs is 1. The van der Waals surface area contributed by atoms with Crippen LogP contribution in [0.15, 0.2) is 48.5 Å². The lowest BCUT2D eigenvalue weighted by Crippen LogP contribution is -2.41. The van der Waals surface area contributed by atoms with Gasteiger partial charge in [0.1, 0.15) is 10.8 Å². The van der Waals surface area contributed by atoms with E-state index in [1.807, 2.05) is 31.2 Å². The molecule has 2 amide bonds. The summed E-state index contributed by atoms with van der Waals surface area (Å²) in [5, 5.41) is 11.7. The highest BCUT2D eigenvalue weighted by atomic mass is 32.1. The van der Waals surface area contributed by atoms with Crippen LogP contribution >= 0.6 is 11.3 Å². The molecule has 30 heavy (non-hydrogen) atoms. The molecule has 4 rings (SSSR count). The zero-order valence-corrected chi connectivity index (χ0v) is 17.0. The predicted octanol–water partition coefficient (Wildman–Crippen LogP) is 3.30. The van der Waals surface area contributed by atoms with Gasteiger partial charge in [-0.2, -0.15) is 0 Å². The monoisotopic (exact) mass is 425 g/mol. The summed E-state index contributed by atoms with van der Waals surface area (Å²) in [6, 6.07) is 13.3. The van der Waals surface area contributed by atoms with Crippen LogP contribution in [-0.4, -0.2) is 28.1 Å². The summed E-state index contributed by atoms with van der Waals surface area (Å²) in [6.07, 6.45) is 0.614. The molecular formula is C21H20FN5O2S. The lowest BCUT2D eigenvalue weighted by molar-refractivity contribution is -0.119. The third-order valence-electron chi connectivity index (χ3n) is 5.14. The highest BCUT2D eigenvalue weighted by molar-refractivity contribution is 7.13. The normalized spacial score (nSPS) is 18.0. The van der Waals surface area contributed by atoms with E-state index in [-0.39, 0.29) is 28.7 Å². The Morgan fingerprint density at radius 3 is 2.67 bits per heavy atom. The Kier molecular flexibility index (Phi) is 5.45. The van der Waals surface area contributed by atoms with Gasteiger partial charge >= 0.3 is 0 Å². The molecule has 0 aliphatic carbocycles. The highest BCUT2D eigenvalue weighted by Gasteiger charge is 2.33. The second kappa shape index (κ2) is 8.19. The molecule has 2 atom stereocenters. The fourth-order valence-electron chi connectivity index (χ4n) is 3.66. The lowest BCUT2D eigenvalue weighted by Gasteiger charge is -2.39. The molecule has 0 unspecified atom stereocenters. The summed E-state index contributed by atoms with van der Waals surface area (Å²) in [6.45, 7) is 2.50. The van der Waals surface area contributed by atoms with E-state index in [0.717, 1.165) is 11.3 Å². The average Bonchev–Trinajstić information content (AvgIpc) is 3.20. The van der Waals surface area contributed by atoms with Crippen molar-refractivity contribution in [3.8, 4) is 0 Å². The summed E-state index contributed by atoms with van der Waals surface area (Å²) >= 11 is 1.20. The second-order valence-electron chi connectivity index (χ2n) is 7.19.